The molecule has 126 valence electrons. The van der Waals surface area contributed by atoms with Crippen molar-refractivity contribution < 1.29 is 9.59 Å². The molecule has 0 radical (unpaired) electrons. The Hall–Kier alpha value is -3.19. The van der Waals surface area contributed by atoms with Crippen molar-refractivity contribution in [3.8, 4) is 5.69 Å². The molecule has 0 saturated heterocycles. The lowest BCUT2D eigenvalue weighted by molar-refractivity contribution is -0.114. The number of rotatable bonds is 4. The number of nitrogens with zero attached hydrogens (tertiary/aromatic N) is 3. The predicted molar refractivity (Wildman–Crippen MR) is 95.1 cm³/mol. The zero-order valence-corrected chi connectivity index (χ0v) is 14.0. The average molecular weight is 356 g/mol. The molecule has 0 fully saturated rings. The molecule has 0 saturated carbocycles. The Morgan fingerprint density at radius 2 is 1.84 bits per heavy atom. The molecule has 2 N–H and O–H groups in total. The van der Waals surface area contributed by atoms with E-state index in [1.54, 1.807) is 42.5 Å². The lowest BCUT2D eigenvalue weighted by atomic mass is 10.2. The molecule has 7 nitrogen and oxygen atoms in total. The van der Waals surface area contributed by atoms with Gasteiger partial charge >= 0.3 is 0 Å². The lowest BCUT2D eigenvalue weighted by Crippen LogP contribution is -2.14. The summed E-state index contributed by atoms with van der Waals surface area (Å²) in [6.07, 6.45) is 2.93. The van der Waals surface area contributed by atoms with Gasteiger partial charge in [0.1, 0.15) is 12.7 Å². The van der Waals surface area contributed by atoms with Gasteiger partial charge in [-0.3, -0.25) is 9.59 Å². The van der Waals surface area contributed by atoms with Crippen LogP contribution in [0.15, 0.2) is 55.1 Å². The highest BCUT2D eigenvalue weighted by molar-refractivity contribution is 6.31. The SMILES string of the molecule is CC(=O)Nc1ccc(C(=O)Nc2cc(Cl)ccc2-n2cncn2)cc1. The van der Waals surface area contributed by atoms with Crippen LogP contribution in [-0.2, 0) is 4.79 Å². The van der Waals surface area contributed by atoms with Gasteiger partial charge in [-0.25, -0.2) is 9.67 Å². The van der Waals surface area contributed by atoms with Crippen LogP contribution in [0.3, 0.4) is 0 Å². The summed E-state index contributed by atoms with van der Waals surface area (Å²) in [5, 5.41) is 10.0. The average Bonchev–Trinajstić information content (AvgIpc) is 3.09. The fraction of sp³-hybridized carbons (Fsp3) is 0.0588. The van der Waals surface area contributed by atoms with Crippen LogP contribution in [0.5, 0.6) is 0 Å². The number of halogens is 1. The summed E-state index contributed by atoms with van der Waals surface area (Å²) in [6, 6.07) is 11.7. The Balaban J connectivity index is 1.83. The fourth-order valence-corrected chi connectivity index (χ4v) is 2.42. The number of hydrogen-bond acceptors (Lipinski definition) is 4. The minimum Gasteiger partial charge on any atom is -0.326 e. The van der Waals surface area contributed by atoms with Crippen LogP contribution in [0.25, 0.3) is 5.69 Å². The van der Waals surface area contributed by atoms with Crippen molar-refractivity contribution in [2.24, 2.45) is 0 Å². The first-order valence-corrected chi connectivity index (χ1v) is 7.74. The highest BCUT2D eigenvalue weighted by Gasteiger charge is 2.12. The van der Waals surface area contributed by atoms with E-state index in [0.717, 1.165) is 0 Å². The summed E-state index contributed by atoms with van der Waals surface area (Å²) in [5.74, 6) is -0.480. The number of anilines is 2. The van der Waals surface area contributed by atoms with Crippen molar-refractivity contribution in [3.05, 3.63) is 65.7 Å². The van der Waals surface area contributed by atoms with Crippen LogP contribution in [-0.4, -0.2) is 26.6 Å². The second-order valence-electron chi connectivity index (χ2n) is 5.21. The van der Waals surface area contributed by atoms with Crippen molar-refractivity contribution in [1.29, 1.82) is 0 Å². The van der Waals surface area contributed by atoms with Crippen molar-refractivity contribution in [3.63, 3.8) is 0 Å². The largest absolute Gasteiger partial charge is 0.326 e. The molecule has 0 aliphatic heterocycles. The predicted octanol–water partition coefficient (Wildman–Crippen LogP) is 3.13. The Morgan fingerprint density at radius 3 is 2.48 bits per heavy atom. The quantitative estimate of drug-likeness (QED) is 0.752. The normalized spacial score (nSPS) is 10.3. The molecule has 0 aliphatic carbocycles. The third-order valence-corrected chi connectivity index (χ3v) is 3.57. The van der Waals surface area contributed by atoms with Gasteiger partial charge < -0.3 is 10.6 Å². The van der Waals surface area contributed by atoms with E-state index >= 15 is 0 Å². The third kappa shape index (κ3) is 4.02. The molecule has 0 spiro atoms. The summed E-state index contributed by atoms with van der Waals surface area (Å²) in [7, 11) is 0. The number of aromatic nitrogens is 3. The molecule has 25 heavy (non-hydrogen) atoms. The summed E-state index contributed by atoms with van der Waals surface area (Å²) in [6.45, 7) is 1.42. The third-order valence-electron chi connectivity index (χ3n) is 3.34. The Bertz CT molecular complexity index is 907. The van der Waals surface area contributed by atoms with Gasteiger partial charge in [0, 0.05) is 23.2 Å². The number of nitrogens with one attached hydrogen (secondary N) is 2. The second-order valence-corrected chi connectivity index (χ2v) is 5.65. The maximum Gasteiger partial charge on any atom is 0.255 e. The fourth-order valence-electron chi connectivity index (χ4n) is 2.24. The van der Waals surface area contributed by atoms with Gasteiger partial charge in [0.15, 0.2) is 0 Å². The topological polar surface area (TPSA) is 88.9 Å². The van der Waals surface area contributed by atoms with Crippen molar-refractivity contribution in [1.82, 2.24) is 14.8 Å². The van der Waals surface area contributed by atoms with Crippen molar-refractivity contribution in [2.75, 3.05) is 10.6 Å². The maximum atomic E-state index is 12.5. The molecule has 8 heteroatoms. The van der Waals surface area contributed by atoms with Crippen LogP contribution in [0.2, 0.25) is 5.02 Å². The van der Waals surface area contributed by atoms with E-state index in [1.807, 2.05) is 0 Å². The smallest absolute Gasteiger partial charge is 0.255 e. The van der Waals surface area contributed by atoms with E-state index < -0.39 is 0 Å². The van der Waals surface area contributed by atoms with E-state index in [-0.39, 0.29) is 11.8 Å². The summed E-state index contributed by atoms with van der Waals surface area (Å²) < 4.78 is 1.53. The zero-order valence-electron chi connectivity index (χ0n) is 13.2. The summed E-state index contributed by atoms with van der Waals surface area (Å²) >= 11 is 6.04. The number of amides is 2. The van der Waals surface area contributed by atoms with Crippen LogP contribution in [0, 0.1) is 0 Å². The van der Waals surface area contributed by atoms with Crippen molar-refractivity contribution >= 4 is 34.8 Å². The van der Waals surface area contributed by atoms with E-state index in [0.29, 0.717) is 27.6 Å². The van der Waals surface area contributed by atoms with Gasteiger partial charge in [-0.2, -0.15) is 5.10 Å². The summed E-state index contributed by atoms with van der Waals surface area (Å²) in [4.78, 5) is 27.4. The second kappa shape index (κ2) is 7.14. The summed E-state index contributed by atoms with van der Waals surface area (Å²) in [5.41, 5.74) is 2.22. The molecular weight excluding hydrogens is 342 g/mol. The van der Waals surface area contributed by atoms with Crippen LogP contribution in [0.1, 0.15) is 17.3 Å². The zero-order chi connectivity index (χ0) is 17.8. The minimum atomic E-state index is -0.307. The number of carbonyl (C=O) groups excluding carboxylic acids is 2. The monoisotopic (exact) mass is 355 g/mol. The van der Waals surface area contributed by atoms with Gasteiger partial charge in [0.05, 0.1) is 11.4 Å². The molecule has 2 amide bonds. The van der Waals surface area contributed by atoms with Gasteiger partial charge in [0.2, 0.25) is 5.91 Å². The van der Waals surface area contributed by atoms with Crippen molar-refractivity contribution in [2.45, 2.75) is 6.92 Å². The van der Waals surface area contributed by atoms with E-state index in [9.17, 15) is 9.59 Å². The molecule has 1 heterocycles. The van der Waals surface area contributed by atoms with E-state index in [2.05, 4.69) is 20.7 Å². The Morgan fingerprint density at radius 1 is 1.08 bits per heavy atom. The van der Waals surface area contributed by atoms with Gasteiger partial charge in [-0.05, 0) is 42.5 Å². The van der Waals surface area contributed by atoms with Crippen LogP contribution >= 0.6 is 11.6 Å². The van der Waals surface area contributed by atoms with Gasteiger partial charge in [-0.1, -0.05) is 11.6 Å². The van der Waals surface area contributed by atoms with E-state index in [4.69, 9.17) is 11.6 Å². The Kier molecular flexibility index (Phi) is 4.76. The molecule has 0 bridgehead atoms. The lowest BCUT2D eigenvalue weighted by Gasteiger charge is -2.11. The highest BCUT2D eigenvalue weighted by Crippen LogP contribution is 2.24. The first-order valence-electron chi connectivity index (χ1n) is 7.36. The first kappa shape index (κ1) is 16.7. The molecule has 3 rings (SSSR count). The molecule has 0 atom stereocenters. The number of hydrogen-bond donors (Lipinski definition) is 2. The van der Waals surface area contributed by atoms with E-state index in [1.165, 1.54) is 24.3 Å². The standard InChI is InChI=1S/C17H14ClN5O2/c1-11(24)21-14-5-2-12(3-6-14)17(25)22-15-8-13(18)4-7-16(15)23-10-19-9-20-23/h2-10H,1H3,(H,21,24)(H,22,25). The van der Waals surface area contributed by atoms with Crippen LogP contribution < -0.4 is 10.6 Å². The maximum absolute atomic E-state index is 12.5. The van der Waals surface area contributed by atoms with Gasteiger partial charge in [0.25, 0.3) is 5.91 Å². The number of benzene rings is 2. The molecule has 0 unspecified atom stereocenters. The Labute approximate surface area is 148 Å². The molecule has 2 aromatic carbocycles. The molecule has 1 aromatic heterocycles. The highest BCUT2D eigenvalue weighted by atomic mass is 35.5. The van der Waals surface area contributed by atoms with Gasteiger partial charge in [-0.15, -0.1) is 0 Å². The van der Waals surface area contributed by atoms with Crippen LogP contribution in [0.4, 0.5) is 11.4 Å². The molecular formula is C17H14ClN5O2. The molecule has 3 aromatic rings. The first-order chi connectivity index (χ1) is 12.0. The number of carbonyl (C=O) groups is 2. The molecule has 0 aliphatic rings. The minimum absolute atomic E-state index is 0.173.